The summed E-state index contributed by atoms with van der Waals surface area (Å²) < 4.78 is 33.7. The molecule has 32 heavy (non-hydrogen) atoms. The van der Waals surface area contributed by atoms with Crippen LogP contribution in [0.2, 0.25) is 0 Å². The van der Waals surface area contributed by atoms with Crippen molar-refractivity contribution >= 4 is 32.7 Å². The van der Waals surface area contributed by atoms with Crippen LogP contribution in [0.4, 0.5) is 11.6 Å². The van der Waals surface area contributed by atoms with Gasteiger partial charge in [-0.05, 0) is 48.9 Å². The minimum atomic E-state index is -3.80. The molecule has 0 spiro atoms. The zero-order valence-corrected chi connectivity index (χ0v) is 18.6. The van der Waals surface area contributed by atoms with Crippen molar-refractivity contribution in [2.75, 3.05) is 23.0 Å². The van der Waals surface area contributed by atoms with Gasteiger partial charge in [0.15, 0.2) is 11.6 Å². The average Bonchev–Trinajstić information content (AvgIpc) is 3.16. The Morgan fingerprint density at radius 2 is 1.50 bits per heavy atom. The Bertz CT molecular complexity index is 1390. The van der Waals surface area contributed by atoms with E-state index in [4.69, 9.17) is 9.72 Å². The average molecular weight is 447 g/mol. The topological polar surface area (TPSA) is 75.6 Å². The Morgan fingerprint density at radius 1 is 0.875 bits per heavy atom. The fourth-order valence-corrected chi connectivity index (χ4v) is 5.13. The van der Waals surface area contributed by atoms with Crippen LogP contribution in [0.25, 0.3) is 11.0 Å². The highest BCUT2D eigenvalue weighted by Gasteiger charge is 2.38. The van der Waals surface area contributed by atoms with Crippen molar-refractivity contribution in [1.82, 2.24) is 9.97 Å². The van der Waals surface area contributed by atoms with Gasteiger partial charge in [0, 0.05) is 6.54 Å². The van der Waals surface area contributed by atoms with E-state index in [1.807, 2.05) is 60.4 Å². The molecule has 0 unspecified atom stereocenters. The molecule has 1 aliphatic rings. The van der Waals surface area contributed by atoms with Crippen molar-refractivity contribution in [3.8, 4) is 5.75 Å². The standard InChI is InChI=1S/C24H22N4O3S/c1-17-7-13-20(14-8-17)32(29,30)28-16-27(15-18-9-11-19(31-2)12-10-18)23-24(28)26-22-6-4-3-5-21(22)25-23/h3-14H,15-16H2,1-2H3. The van der Waals surface area contributed by atoms with E-state index < -0.39 is 10.0 Å². The van der Waals surface area contributed by atoms with Crippen molar-refractivity contribution < 1.29 is 13.2 Å². The monoisotopic (exact) mass is 446 g/mol. The molecular weight excluding hydrogens is 424 g/mol. The number of aromatic nitrogens is 2. The van der Waals surface area contributed by atoms with Crippen molar-refractivity contribution in [2.24, 2.45) is 0 Å². The summed E-state index contributed by atoms with van der Waals surface area (Å²) in [6.07, 6.45) is 0. The van der Waals surface area contributed by atoms with Crippen LogP contribution in [0.5, 0.6) is 5.75 Å². The number of hydrogen-bond donors (Lipinski definition) is 0. The third-order valence-corrected chi connectivity index (χ3v) is 7.25. The number of rotatable bonds is 5. The summed E-state index contributed by atoms with van der Waals surface area (Å²) in [4.78, 5) is 11.6. The molecule has 3 aromatic carbocycles. The first kappa shape index (κ1) is 20.3. The maximum atomic E-state index is 13.5. The molecule has 8 heteroatoms. The number of fused-ring (bicyclic) bond motifs is 2. The molecule has 0 bridgehead atoms. The first-order valence-electron chi connectivity index (χ1n) is 10.2. The van der Waals surface area contributed by atoms with Crippen LogP contribution in [-0.2, 0) is 16.6 Å². The van der Waals surface area contributed by atoms with Crippen LogP contribution >= 0.6 is 0 Å². The van der Waals surface area contributed by atoms with E-state index in [1.165, 1.54) is 4.31 Å². The van der Waals surface area contributed by atoms with Crippen LogP contribution in [0, 0.1) is 6.92 Å². The zero-order chi connectivity index (χ0) is 22.3. The normalized spacial score (nSPS) is 13.4. The van der Waals surface area contributed by atoms with Gasteiger partial charge in [-0.25, -0.2) is 22.7 Å². The summed E-state index contributed by atoms with van der Waals surface area (Å²) in [7, 11) is -2.18. The first-order valence-corrected chi connectivity index (χ1v) is 11.6. The molecule has 0 N–H and O–H groups in total. The van der Waals surface area contributed by atoms with Gasteiger partial charge in [-0.2, -0.15) is 0 Å². The summed E-state index contributed by atoms with van der Waals surface area (Å²) >= 11 is 0. The molecular formula is C24H22N4O3S. The van der Waals surface area contributed by atoms with E-state index >= 15 is 0 Å². The van der Waals surface area contributed by atoms with Crippen molar-refractivity contribution in [2.45, 2.75) is 18.4 Å². The van der Waals surface area contributed by atoms with Gasteiger partial charge in [-0.15, -0.1) is 0 Å². The lowest BCUT2D eigenvalue weighted by molar-refractivity contribution is 0.414. The Balaban J connectivity index is 1.59. The summed E-state index contributed by atoms with van der Waals surface area (Å²) in [6, 6.07) is 22.0. The number of benzene rings is 3. The molecule has 2 heterocycles. The van der Waals surface area contributed by atoms with Crippen LogP contribution in [0.3, 0.4) is 0 Å². The molecule has 1 aliphatic heterocycles. The number of aryl methyl sites for hydroxylation is 1. The molecule has 0 saturated heterocycles. The highest BCUT2D eigenvalue weighted by atomic mass is 32.2. The van der Waals surface area contributed by atoms with Gasteiger partial charge < -0.3 is 9.64 Å². The molecule has 0 amide bonds. The van der Waals surface area contributed by atoms with E-state index in [0.717, 1.165) is 22.4 Å². The summed E-state index contributed by atoms with van der Waals surface area (Å²) in [5, 5.41) is 0. The fraction of sp³-hybridized carbons (Fsp3) is 0.167. The first-order chi connectivity index (χ1) is 15.5. The van der Waals surface area contributed by atoms with Gasteiger partial charge in [0.2, 0.25) is 0 Å². The minimum absolute atomic E-state index is 0.133. The summed E-state index contributed by atoms with van der Waals surface area (Å²) in [5.41, 5.74) is 3.39. The number of anilines is 2. The molecule has 0 atom stereocenters. The maximum Gasteiger partial charge on any atom is 0.267 e. The third kappa shape index (κ3) is 3.52. The lowest BCUT2D eigenvalue weighted by Crippen LogP contribution is -2.35. The fourth-order valence-electron chi connectivity index (χ4n) is 3.75. The predicted octanol–water partition coefficient (Wildman–Crippen LogP) is 4.12. The van der Waals surface area contributed by atoms with Gasteiger partial charge in [0.05, 0.1) is 23.0 Å². The predicted molar refractivity (Wildman–Crippen MR) is 124 cm³/mol. The van der Waals surface area contributed by atoms with Crippen LogP contribution in [0.1, 0.15) is 11.1 Å². The van der Waals surface area contributed by atoms with Gasteiger partial charge in [-0.3, -0.25) is 0 Å². The second kappa shape index (κ2) is 7.80. The van der Waals surface area contributed by atoms with Gasteiger partial charge >= 0.3 is 0 Å². The van der Waals surface area contributed by atoms with E-state index in [9.17, 15) is 8.42 Å². The van der Waals surface area contributed by atoms with Crippen LogP contribution in [0.15, 0.2) is 77.7 Å². The highest BCUT2D eigenvalue weighted by Crippen LogP contribution is 2.38. The molecule has 0 radical (unpaired) electrons. The molecule has 4 aromatic rings. The van der Waals surface area contributed by atoms with Crippen molar-refractivity contribution in [3.63, 3.8) is 0 Å². The molecule has 162 valence electrons. The number of para-hydroxylation sites is 2. The van der Waals surface area contributed by atoms with E-state index in [1.54, 1.807) is 31.4 Å². The smallest absolute Gasteiger partial charge is 0.267 e. The molecule has 0 aliphatic carbocycles. The SMILES string of the molecule is COc1ccc(CN2CN(S(=O)(=O)c3ccc(C)cc3)c3nc4ccccc4nc32)cc1. The number of nitrogens with zero attached hydrogens (tertiary/aromatic N) is 4. The highest BCUT2D eigenvalue weighted by molar-refractivity contribution is 7.92. The molecule has 5 rings (SSSR count). The Kier molecular flexibility index (Phi) is 4.94. The second-order valence-corrected chi connectivity index (χ2v) is 9.58. The van der Waals surface area contributed by atoms with E-state index in [-0.39, 0.29) is 11.6 Å². The summed E-state index contributed by atoms with van der Waals surface area (Å²) in [5.74, 6) is 1.66. The van der Waals surface area contributed by atoms with Crippen LogP contribution < -0.4 is 13.9 Å². The molecule has 0 saturated carbocycles. The Labute approximate surface area is 187 Å². The van der Waals surface area contributed by atoms with E-state index in [2.05, 4.69) is 4.98 Å². The van der Waals surface area contributed by atoms with Gasteiger partial charge in [-0.1, -0.05) is 42.0 Å². The second-order valence-electron chi connectivity index (χ2n) is 7.71. The minimum Gasteiger partial charge on any atom is -0.497 e. The largest absolute Gasteiger partial charge is 0.497 e. The lowest BCUT2D eigenvalue weighted by Gasteiger charge is -2.21. The number of ether oxygens (including phenoxy) is 1. The van der Waals surface area contributed by atoms with Crippen LogP contribution in [-0.4, -0.2) is 32.2 Å². The number of methoxy groups -OCH3 is 1. The lowest BCUT2D eigenvalue weighted by atomic mass is 10.2. The molecule has 1 aromatic heterocycles. The van der Waals surface area contributed by atoms with Crippen molar-refractivity contribution in [3.05, 3.63) is 83.9 Å². The van der Waals surface area contributed by atoms with E-state index in [0.29, 0.717) is 23.7 Å². The number of sulfonamides is 1. The maximum absolute atomic E-state index is 13.5. The zero-order valence-electron chi connectivity index (χ0n) is 17.8. The Hall–Kier alpha value is -3.65. The van der Waals surface area contributed by atoms with Crippen molar-refractivity contribution in [1.29, 1.82) is 0 Å². The number of hydrogen-bond acceptors (Lipinski definition) is 6. The Morgan fingerprint density at radius 3 is 2.12 bits per heavy atom. The molecule has 7 nitrogen and oxygen atoms in total. The summed E-state index contributed by atoms with van der Waals surface area (Å²) in [6.45, 7) is 2.55. The van der Waals surface area contributed by atoms with Gasteiger partial charge in [0.25, 0.3) is 10.0 Å². The quantitative estimate of drug-likeness (QED) is 0.459. The third-order valence-electron chi connectivity index (χ3n) is 5.51. The molecule has 0 fully saturated rings. The van der Waals surface area contributed by atoms with Gasteiger partial charge in [0.1, 0.15) is 12.4 Å².